The summed E-state index contributed by atoms with van der Waals surface area (Å²) in [6.45, 7) is 1.80. The number of anilines is 3. The highest BCUT2D eigenvalue weighted by Gasteiger charge is 2.09. The summed E-state index contributed by atoms with van der Waals surface area (Å²) in [5, 5.41) is 11.4. The molecule has 0 fully saturated rings. The first kappa shape index (κ1) is 15.5. The second-order valence-electron chi connectivity index (χ2n) is 4.36. The molecule has 1 aromatic carbocycles. The predicted molar refractivity (Wildman–Crippen MR) is 84.5 cm³/mol. The van der Waals surface area contributed by atoms with E-state index in [1.54, 1.807) is 31.2 Å². The zero-order valence-corrected chi connectivity index (χ0v) is 12.9. The smallest absolute Gasteiger partial charge is 0.233 e. The van der Waals surface area contributed by atoms with E-state index in [0.29, 0.717) is 17.3 Å². The first-order valence-electron chi connectivity index (χ1n) is 6.35. The number of benzene rings is 1. The highest BCUT2D eigenvalue weighted by atomic mass is 35.5. The van der Waals surface area contributed by atoms with E-state index in [-0.39, 0.29) is 11.6 Å². The third-order valence-corrected chi connectivity index (χ3v) is 4.23. The van der Waals surface area contributed by atoms with Gasteiger partial charge in [0.05, 0.1) is 5.75 Å². The van der Waals surface area contributed by atoms with Crippen molar-refractivity contribution in [2.24, 2.45) is 0 Å². The van der Waals surface area contributed by atoms with Gasteiger partial charge >= 0.3 is 0 Å². The Morgan fingerprint density at radius 2 is 1.67 bits per heavy atom. The standard InChI is InChI=1S/C13H15ClN4O2S/c1-2-9-21(19,20)18-13-8-7-12(16-17-13)15-11-5-3-10(14)4-6-11/h3-8H,2,9H2,1H3,(H,15,16)(H,17,18). The highest BCUT2D eigenvalue weighted by Crippen LogP contribution is 2.17. The number of hydrogen-bond acceptors (Lipinski definition) is 5. The summed E-state index contributed by atoms with van der Waals surface area (Å²) >= 11 is 5.80. The normalized spacial score (nSPS) is 11.1. The molecule has 0 spiro atoms. The summed E-state index contributed by atoms with van der Waals surface area (Å²) in [6.07, 6.45) is 0.541. The molecule has 1 aromatic heterocycles. The monoisotopic (exact) mass is 326 g/mol. The van der Waals surface area contributed by atoms with Crippen molar-refractivity contribution in [2.75, 3.05) is 15.8 Å². The van der Waals surface area contributed by atoms with Gasteiger partial charge in [0.25, 0.3) is 0 Å². The van der Waals surface area contributed by atoms with Crippen LogP contribution in [0.5, 0.6) is 0 Å². The third-order valence-electron chi connectivity index (χ3n) is 2.51. The Morgan fingerprint density at radius 1 is 1.05 bits per heavy atom. The van der Waals surface area contributed by atoms with Crippen molar-refractivity contribution in [1.82, 2.24) is 10.2 Å². The molecule has 8 heteroatoms. The Morgan fingerprint density at radius 3 is 2.24 bits per heavy atom. The van der Waals surface area contributed by atoms with Gasteiger partial charge in [-0.05, 0) is 42.8 Å². The molecule has 1 heterocycles. The molecule has 2 aromatic rings. The van der Waals surface area contributed by atoms with E-state index in [1.807, 2.05) is 12.1 Å². The molecule has 0 bridgehead atoms. The van der Waals surface area contributed by atoms with Crippen molar-refractivity contribution in [3.8, 4) is 0 Å². The predicted octanol–water partition coefficient (Wildman–Crippen LogP) is 3.03. The number of halogens is 1. The molecule has 112 valence electrons. The van der Waals surface area contributed by atoms with Gasteiger partial charge in [0.2, 0.25) is 10.0 Å². The molecule has 0 radical (unpaired) electrons. The Labute approximate surface area is 128 Å². The highest BCUT2D eigenvalue weighted by molar-refractivity contribution is 7.92. The van der Waals surface area contributed by atoms with Crippen molar-refractivity contribution in [3.05, 3.63) is 41.4 Å². The van der Waals surface area contributed by atoms with E-state index < -0.39 is 10.0 Å². The maximum Gasteiger partial charge on any atom is 0.233 e. The van der Waals surface area contributed by atoms with E-state index in [0.717, 1.165) is 5.69 Å². The summed E-state index contributed by atoms with van der Waals surface area (Å²) in [4.78, 5) is 0. The van der Waals surface area contributed by atoms with E-state index in [4.69, 9.17) is 11.6 Å². The van der Waals surface area contributed by atoms with Crippen LogP contribution < -0.4 is 10.0 Å². The van der Waals surface area contributed by atoms with Crippen LogP contribution in [0.4, 0.5) is 17.3 Å². The Balaban J connectivity index is 2.03. The van der Waals surface area contributed by atoms with Crippen LogP contribution in [0.3, 0.4) is 0 Å². The fourth-order valence-electron chi connectivity index (χ4n) is 1.61. The van der Waals surface area contributed by atoms with Crippen molar-refractivity contribution in [1.29, 1.82) is 0 Å². The van der Waals surface area contributed by atoms with Crippen LogP contribution in [0.25, 0.3) is 0 Å². The maximum absolute atomic E-state index is 11.6. The molecule has 0 saturated heterocycles. The van der Waals surface area contributed by atoms with Crippen molar-refractivity contribution < 1.29 is 8.42 Å². The van der Waals surface area contributed by atoms with E-state index in [2.05, 4.69) is 20.2 Å². The minimum atomic E-state index is -3.35. The number of sulfonamides is 1. The molecule has 0 atom stereocenters. The first-order valence-corrected chi connectivity index (χ1v) is 8.38. The topological polar surface area (TPSA) is 84.0 Å². The minimum absolute atomic E-state index is 0.0550. The zero-order valence-electron chi connectivity index (χ0n) is 11.4. The van der Waals surface area contributed by atoms with Crippen LogP contribution in [-0.4, -0.2) is 24.4 Å². The number of hydrogen-bond donors (Lipinski definition) is 2. The molecule has 2 rings (SSSR count). The van der Waals surface area contributed by atoms with Gasteiger partial charge in [0.15, 0.2) is 11.6 Å². The lowest BCUT2D eigenvalue weighted by Gasteiger charge is -2.07. The summed E-state index contributed by atoms with van der Waals surface area (Å²) in [5.74, 6) is 0.764. The van der Waals surface area contributed by atoms with E-state index >= 15 is 0 Å². The summed E-state index contributed by atoms with van der Waals surface area (Å²) in [5.41, 5.74) is 0.813. The lowest BCUT2D eigenvalue weighted by atomic mass is 10.3. The quantitative estimate of drug-likeness (QED) is 0.852. The summed E-state index contributed by atoms with van der Waals surface area (Å²) in [6, 6.07) is 10.3. The summed E-state index contributed by atoms with van der Waals surface area (Å²) in [7, 11) is -3.35. The van der Waals surface area contributed by atoms with Crippen molar-refractivity contribution in [3.63, 3.8) is 0 Å². The lowest BCUT2D eigenvalue weighted by Crippen LogP contribution is -2.17. The molecule has 0 aliphatic rings. The SMILES string of the molecule is CCCS(=O)(=O)Nc1ccc(Nc2ccc(Cl)cc2)nn1. The number of aromatic nitrogens is 2. The molecule has 0 saturated carbocycles. The van der Waals surface area contributed by atoms with Crippen LogP contribution in [-0.2, 0) is 10.0 Å². The molecule has 21 heavy (non-hydrogen) atoms. The van der Waals surface area contributed by atoms with Crippen LogP contribution in [0.2, 0.25) is 5.02 Å². The Hall–Kier alpha value is -1.86. The van der Waals surface area contributed by atoms with Gasteiger partial charge in [-0.2, -0.15) is 0 Å². The third kappa shape index (κ3) is 4.87. The first-order chi connectivity index (χ1) is 9.98. The molecule has 0 unspecified atom stereocenters. The van der Waals surface area contributed by atoms with Crippen LogP contribution in [0, 0.1) is 0 Å². The molecule has 0 aliphatic heterocycles. The molecule has 0 amide bonds. The van der Waals surface area contributed by atoms with Gasteiger partial charge in [-0.15, -0.1) is 10.2 Å². The van der Waals surface area contributed by atoms with E-state index in [1.165, 1.54) is 0 Å². The van der Waals surface area contributed by atoms with Gasteiger partial charge in [-0.25, -0.2) is 8.42 Å². The molecule has 0 aliphatic carbocycles. The number of nitrogens with one attached hydrogen (secondary N) is 2. The maximum atomic E-state index is 11.6. The van der Waals surface area contributed by atoms with Gasteiger partial charge in [0, 0.05) is 10.7 Å². The average molecular weight is 327 g/mol. The van der Waals surface area contributed by atoms with E-state index in [9.17, 15) is 8.42 Å². The zero-order chi connectivity index (χ0) is 15.3. The van der Waals surface area contributed by atoms with Crippen LogP contribution in [0.1, 0.15) is 13.3 Å². The minimum Gasteiger partial charge on any atom is -0.339 e. The van der Waals surface area contributed by atoms with Gasteiger partial charge in [-0.3, -0.25) is 4.72 Å². The fourth-order valence-corrected chi connectivity index (χ4v) is 2.81. The lowest BCUT2D eigenvalue weighted by molar-refractivity contribution is 0.599. The molecular weight excluding hydrogens is 312 g/mol. The number of nitrogens with zero attached hydrogens (tertiary/aromatic N) is 2. The fraction of sp³-hybridized carbons (Fsp3) is 0.231. The second-order valence-corrected chi connectivity index (χ2v) is 6.63. The molecular formula is C13H15ClN4O2S. The largest absolute Gasteiger partial charge is 0.339 e. The molecule has 6 nitrogen and oxygen atoms in total. The average Bonchev–Trinajstić information content (AvgIpc) is 2.43. The molecule has 2 N–H and O–H groups in total. The Bertz CT molecular complexity index is 687. The van der Waals surface area contributed by atoms with Crippen molar-refractivity contribution >= 4 is 38.9 Å². The Kier molecular flexibility index (Phi) is 4.98. The summed E-state index contributed by atoms with van der Waals surface area (Å²) < 4.78 is 25.6. The number of rotatable bonds is 6. The van der Waals surface area contributed by atoms with Gasteiger partial charge in [0.1, 0.15) is 0 Å². The second kappa shape index (κ2) is 6.73. The van der Waals surface area contributed by atoms with Crippen LogP contribution >= 0.6 is 11.6 Å². The van der Waals surface area contributed by atoms with Gasteiger partial charge in [-0.1, -0.05) is 18.5 Å². The van der Waals surface area contributed by atoms with Gasteiger partial charge < -0.3 is 5.32 Å². The van der Waals surface area contributed by atoms with Crippen molar-refractivity contribution in [2.45, 2.75) is 13.3 Å². The van der Waals surface area contributed by atoms with Crippen LogP contribution in [0.15, 0.2) is 36.4 Å².